The molecule has 0 aliphatic heterocycles. The molecule has 1 fully saturated rings. The standard InChI is InChI=1S/C13H14N2O3/c14-9-10-5-1-3-7-12(10)18-13-8-4-2-6-11(13)15(16)17/h2,4,6,8,10,12H,1,3,5,7H2. The van der Waals surface area contributed by atoms with E-state index in [0.29, 0.717) is 0 Å². The molecule has 1 aromatic rings. The Bertz CT molecular complexity index is 481. The molecule has 0 amide bonds. The Morgan fingerprint density at radius 1 is 1.33 bits per heavy atom. The minimum atomic E-state index is -0.459. The summed E-state index contributed by atoms with van der Waals surface area (Å²) in [6.45, 7) is 0. The average Bonchev–Trinajstić information content (AvgIpc) is 2.40. The molecule has 0 spiro atoms. The zero-order valence-corrected chi connectivity index (χ0v) is 9.91. The number of hydrogen-bond acceptors (Lipinski definition) is 4. The van der Waals surface area contributed by atoms with Gasteiger partial charge < -0.3 is 4.74 Å². The highest BCUT2D eigenvalue weighted by Crippen LogP contribution is 2.32. The van der Waals surface area contributed by atoms with Crippen molar-refractivity contribution in [2.75, 3.05) is 0 Å². The lowest BCUT2D eigenvalue weighted by Gasteiger charge is -2.27. The third-order valence-electron chi connectivity index (χ3n) is 3.21. The van der Waals surface area contributed by atoms with E-state index in [2.05, 4.69) is 6.07 Å². The maximum absolute atomic E-state index is 10.9. The molecule has 1 aromatic carbocycles. The third kappa shape index (κ3) is 2.59. The first-order valence-corrected chi connectivity index (χ1v) is 6.02. The number of para-hydroxylation sites is 2. The van der Waals surface area contributed by atoms with Crippen LogP contribution in [0.3, 0.4) is 0 Å². The van der Waals surface area contributed by atoms with Crippen LogP contribution >= 0.6 is 0 Å². The molecular formula is C13H14N2O3. The van der Waals surface area contributed by atoms with Crippen LogP contribution in [0.1, 0.15) is 25.7 Å². The second-order valence-electron chi connectivity index (χ2n) is 4.40. The molecule has 0 saturated heterocycles. The maximum Gasteiger partial charge on any atom is 0.310 e. The van der Waals surface area contributed by atoms with E-state index in [-0.39, 0.29) is 23.5 Å². The number of nitro benzene ring substituents is 1. The van der Waals surface area contributed by atoms with Gasteiger partial charge in [-0.05, 0) is 25.3 Å². The van der Waals surface area contributed by atoms with E-state index >= 15 is 0 Å². The van der Waals surface area contributed by atoms with Crippen LogP contribution in [0, 0.1) is 27.4 Å². The van der Waals surface area contributed by atoms with Crippen molar-refractivity contribution in [2.24, 2.45) is 5.92 Å². The Balaban J connectivity index is 2.18. The van der Waals surface area contributed by atoms with Gasteiger partial charge in [-0.2, -0.15) is 5.26 Å². The minimum absolute atomic E-state index is 0.0419. The largest absolute Gasteiger partial charge is 0.482 e. The van der Waals surface area contributed by atoms with Gasteiger partial charge in [0.1, 0.15) is 6.10 Å². The molecule has 18 heavy (non-hydrogen) atoms. The maximum atomic E-state index is 10.9. The van der Waals surface area contributed by atoms with Gasteiger partial charge in [-0.1, -0.05) is 18.6 Å². The average molecular weight is 246 g/mol. The second-order valence-corrected chi connectivity index (χ2v) is 4.40. The zero-order valence-electron chi connectivity index (χ0n) is 9.91. The summed E-state index contributed by atoms with van der Waals surface area (Å²) in [5, 5.41) is 19.9. The quantitative estimate of drug-likeness (QED) is 0.606. The van der Waals surface area contributed by atoms with Crippen molar-refractivity contribution in [1.82, 2.24) is 0 Å². The lowest BCUT2D eigenvalue weighted by molar-refractivity contribution is -0.386. The van der Waals surface area contributed by atoms with Crippen LogP contribution in [0.5, 0.6) is 5.75 Å². The van der Waals surface area contributed by atoms with Crippen LogP contribution in [0.4, 0.5) is 5.69 Å². The van der Waals surface area contributed by atoms with Gasteiger partial charge in [0.25, 0.3) is 0 Å². The van der Waals surface area contributed by atoms with E-state index in [4.69, 9.17) is 10.00 Å². The van der Waals surface area contributed by atoms with Gasteiger partial charge in [0.05, 0.1) is 16.9 Å². The molecule has 2 atom stereocenters. The Kier molecular flexibility index (Phi) is 3.78. The van der Waals surface area contributed by atoms with Crippen molar-refractivity contribution in [2.45, 2.75) is 31.8 Å². The van der Waals surface area contributed by atoms with Gasteiger partial charge in [0.2, 0.25) is 0 Å². The van der Waals surface area contributed by atoms with Crippen molar-refractivity contribution < 1.29 is 9.66 Å². The molecule has 1 saturated carbocycles. The van der Waals surface area contributed by atoms with Crippen LogP contribution in [-0.4, -0.2) is 11.0 Å². The van der Waals surface area contributed by atoms with Crippen molar-refractivity contribution in [3.63, 3.8) is 0 Å². The fourth-order valence-electron chi connectivity index (χ4n) is 2.26. The summed E-state index contributed by atoms with van der Waals surface area (Å²) >= 11 is 0. The summed E-state index contributed by atoms with van der Waals surface area (Å²) < 4.78 is 5.69. The highest BCUT2D eigenvalue weighted by molar-refractivity contribution is 5.45. The van der Waals surface area contributed by atoms with Gasteiger partial charge in [-0.25, -0.2) is 0 Å². The lowest BCUT2D eigenvalue weighted by atomic mass is 9.87. The number of nitrogens with zero attached hydrogens (tertiary/aromatic N) is 2. The van der Waals surface area contributed by atoms with E-state index < -0.39 is 4.92 Å². The molecule has 0 aromatic heterocycles. The number of nitriles is 1. The van der Waals surface area contributed by atoms with Gasteiger partial charge >= 0.3 is 5.69 Å². The minimum Gasteiger partial charge on any atom is -0.482 e. The second kappa shape index (κ2) is 5.50. The van der Waals surface area contributed by atoms with Crippen molar-refractivity contribution in [1.29, 1.82) is 5.26 Å². The molecule has 94 valence electrons. The smallest absolute Gasteiger partial charge is 0.310 e. The predicted molar refractivity (Wildman–Crippen MR) is 65.1 cm³/mol. The van der Waals surface area contributed by atoms with Crippen LogP contribution in [0.15, 0.2) is 24.3 Å². The molecule has 5 heteroatoms. The number of hydrogen-bond donors (Lipinski definition) is 0. The molecule has 0 N–H and O–H groups in total. The van der Waals surface area contributed by atoms with E-state index in [1.807, 2.05) is 0 Å². The Morgan fingerprint density at radius 3 is 2.78 bits per heavy atom. The number of ether oxygens (including phenoxy) is 1. The normalized spacial score (nSPS) is 23.1. The van der Waals surface area contributed by atoms with E-state index in [0.717, 1.165) is 25.7 Å². The van der Waals surface area contributed by atoms with Crippen LogP contribution < -0.4 is 4.74 Å². The Morgan fingerprint density at radius 2 is 2.06 bits per heavy atom. The van der Waals surface area contributed by atoms with Gasteiger partial charge in [-0.3, -0.25) is 10.1 Å². The fourth-order valence-corrected chi connectivity index (χ4v) is 2.26. The van der Waals surface area contributed by atoms with Gasteiger partial charge in [-0.15, -0.1) is 0 Å². The van der Waals surface area contributed by atoms with Crippen molar-refractivity contribution >= 4 is 5.69 Å². The van der Waals surface area contributed by atoms with Gasteiger partial charge in [0, 0.05) is 6.07 Å². The molecule has 0 bridgehead atoms. The molecule has 0 heterocycles. The summed E-state index contributed by atoms with van der Waals surface area (Å²) in [4.78, 5) is 10.4. The summed E-state index contributed by atoms with van der Waals surface area (Å²) in [7, 11) is 0. The van der Waals surface area contributed by atoms with Crippen LogP contribution in [0.25, 0.3) is 0 Å². The molecule has 1 aliphatic rings. The molecular weight excluding hydrogens is 232 g/mol. The SMILES string of the molecule is N#CC1CCCCC1Oc1ccccc1[N+](=O)[O-]. The fraction of sp³-hybridized carbons (Fsp3) is 0.462. The third-order valence-corrected chi connectivity index (χ3v) is 3.21. The van der Waals surface area contributed by atoms with Crippen molar-refractivity contribution in [3.05, 3.63) is 34.4 Å². The molecule has 2 unspecified atom stereocenters. The summed E-state index contributed by atoms with van der Waals surface area (Å²) in [5.41, 5.74) is -0.0419. The molecule has 2 rings (SSSR count). The molecule has 0 radical (unpaired) electrons. The first kappa shape index (κ1) is 12.4. The summed E-state index contributed by atoms with van der Waals surface area (Å²) in [5.74, 6) is 0.0909. The number of benzene rings is 1. The Labute approximate surface area is 105 Å². The number of rotatable bonds is 3. The molecule has 1 aliphatic carbocycles. The van der Waals surface area contributed by atoms with Crippen LogP contribution in [0.2, 0.25) is 0 Å². The lowest BCUT2D eigenvalue weighted by Crippen LogP contribution is -2.29. The topological polar surface area (TPSA) is 76.2 Å². The van der Waals surface area contributed by atoms with E-state index in [1.165, 1.54) is 6.07 Å². The Hall–Kier alpha value is -2.09. The van der Waals surface area contributed by atoms with E-state index in [1.54, 1.807) is 18.2 Å². The van der Waals surface area contributed by atoms with Crippen molar-refractivity contribution in [3.8, 4) is 11.8 Å². The summed E-state index contributed by atoms with van der Waals surface area (Å²) in [6.07, 6.45) is 3.38. The monoisotopic (exact) mass is 246 g/mol. The summed E-state index contributed by atoms with van der Waals surface area (Å²) in [6, 6.07) is 8.53. The first-order valence-electron chi connectivity index (χ1n) is 6.02. The van der Waals surface area contributed by atoms with Crippen LogP contribution in [-0.2, 0) is 0 Å². The first-order chi connectivity index (χ1) is 8.72. The highest BCUT2D eigenvalue weighted by atomic mass is 16.6. The zero-order chi connectivity index (χ0) is 13.0. The highest BCUT2D eigenvalue weighted by Gasteiger charge is 2.28. The molecule has 5 nitrogen and oxygen atoms in total. The number of nitro groups is 1. The van der Waals surface area contributed by atoms with E-state index in [9.17, 15) is 10.1 Å². The van der Waals surface area contributed by atoms with Gasteiger partial charge in [0.15, 0.2) is 5.75 Å². The predicted octanol–water partition coefficient (Wildman–Crippen LogP) is 3.06.